The number of pyridine rings is 1. The number of nitrogens with zero attached hydrogens (tertiary/aromatic N) is 9. The third-order valence-electron chi connectivity index (χ3n) is 13.7. The number of aliphatic hydroxyl groups is 1. The van der Waals surface area contributed by atoms with Crippen LogP contribution in [0.1, 0.15) is 75.7 Å². The van der Waals surface area contributed by atoms with Crippen molar-refractivity contribution in [2.24, 2.45) is 5.41 Å². The maximum Gasteiger partial charge on any atom is 0.246 e. The lowest BCUT2D eigenvalue weighted by atomic mass is 9.85. The average molecular weight is 1000 g/mol. The second kappa shape index (κ2) is 21.9. The Hall–Kier alpha value is -6.83. The number of halogens is 1. The lowest BCUT2D eigenvalue weighted by Crippen LogP contribution is -2.57. The van der Waals surface area contributed by atoms with Crippen molar-refractivity contribution in [3.8, 4) is 21.8 Å². The van der Waals surface area contributed by atoms with Crippen LogP contribution >= 0.6 is 11.3 Å². The van der Waals surface area contributed by atoms with Crippen molar-refractivity contribution in [2.45, 2.75) is 90.6 Å². The van der Waals surface area contributed by atoms with Gasteiger partial charge < -0.3 is 40.1 Å². The molecule has 3 aliphatic heterocycles. The quantitative estimate of drug-likeness (QED) is 0.0967. The van der Waals surface area contributed by atoms with Crippen molar-refractivity contribution in [1.82, 2.24) is 45.0 Å². The van der Waals surface area contributed by atoms with E-state index in [1.165, 1.54) is 11.0 Å². The van der Waals surface area contributed by atoms with E-state index < -0.39 is 35.4 Å². The number of hydrogen-bond acceptors (Lipinski definition) is 13. The van der Waals surface area contributed by atoms with Gasteiger partial charge >= 0.3 is 0 Å². The van der Waals surface area contributed by atoms with E-state index in [0.717, 1.165) is 69.7 Å². The third-order valence-corrected chi connectivity index (χ3v) is 14.7. The first-order valence-corrected chi connectivity index (χ1v) is 25.6. The highest BCUT2D eigenvalue weighted by Gasteiger charge is 2.44. The number of hydrogen-bond donors (Lipinski definition) is 3. The van der Waals surface area contributed by atoms with Gasteiger partial charge in [0.25, 0.3) is 0 Å². The molecule has 7 heterocycles. The summed E-state index contributed by atoms with van der Waals surface area (Å²) < 4.78 is 21.7. The number of piperazine rings is 1. The molecule has 3 aliphatic rings. The van der Waals surface area contributed by atoms with Gasteiger partial charge in [-0.15, -0.1) is 16.4 Å². The Labute approximate surface area is 422 Å². The van der Waals surface area contributed by atoms with Crippen LogP contribution in [-0.4, -0.2) is 134 Å². The maximum absolute atomic E-state index is 14.1. The fourth-order valence-electron chi connectivity index (χ4n) is 9.82. The SMILES string of the molecule is Cc1ncsc1-c1ccc(CNC(=O)[C@@H]2C[C@@H](O)CN2C(=O)[C@@H](NC(=O)CCOCCC(=O)N2CCN(c3cccc(-c4cnc5ccc(N6CCC[C@@H]6c6cccc(F)c6)nn45)n3)CC2)C(C)(C)C)cc1. The Balaban J connectivity index is 0.717. The maximum atomic E-state index is 14.1. The molecule has 0 bridgehead atoms. The summed E-state index contributed by atoms with van der Waals surface area (Å²) in [6.07, 6.45) is 2.99. The number of benzene rings is 2. The van der Waals surface area contributed by atoms with Crippen LogP contribution in [0, 0.1) is 18.2 Å². The summed E-state index contributed by atoms with van der Waals surface area (Å²) in [4.78, 5) is 76.6. The molecule has 378 valence electrons. The van der Waals surface area contributed by atoms with E-state index in [1.807, 2.05) is 103 Å². The van der Waals surface area contributed by atoms with E-state index in [0.29, 0.717) is 31.8 Å². The highest BCUT2D eigenvalue weighted by atomic mass is 32.1. The molecule has 3 fully saturated rings. The molecular formula is C53H62FN11O6S. The number of rotatable bonds is 16. The number of likely N-dealkylation sites (tertiary alicyclic amines) is 1. The first-order valence-electron chi connectivity index (χ1n) is 24.7. The van der Waals surface area contributed by atoms with Crippen molar-refractivity contribution >= 4 is 52.2 Å². The second-order valence-electron chi connectivity index (χ2n) is 19.8. The lowest BCUT2D eigenvalue weighted by molar-refractivity contribution is -0.144. The molecule has 4 aromatic heterocycles. The molecule has 17 nitrogen and oxygen atoms in total. The number of β-amino-alcohol motifs (C(OH)–C–C–N with tert-alkyl or cyclic N) is 1. The van der Waals surface area contributed by atoms with Gasteiger partial charge in [0.2, 0.25) is 23.6 Å². The molecule has 2 aromatic carbocycles. The lowest BCUT2D eigenvalue weighted by Gasteiger charge is -2.35. The topological polar surface area (TPSA) is 191 Å². The number of carbonyl (C=O) groups excluding carboxylic acids is 4. The Bertz CT molecular complexity index is 2900. The molecule has 0 unspecified atom stereocenters. The van der Waals surface area contributed by atoms with Crippen LogP contribution < -0.4 is 20.4 Å². The van der Waals surface area contributed by atoms with Crippen LogP contribution in [0.2, 0.25) is 0 Å². The first kappa shape index (κ1) is 50.1. The minimum atomic E-state index is -0.967. The molecule has 19 heteroatoms. The van der Waals surface area contributed by atoms with Crippen molar-refractivity contribution in [3.63, 3.8) is 0 Å². The van der Waals surface area contributed by atoms with Crippen molar-refractivity contribution < 1.29 is 33.4 Å². The molecule has 0 spiro atoms. The number of aromatic nitrogens is 5. The fourth-order valence-corrected chi connectivity index (χ4v) is 10.6. The number of anilines is 2. The van der Waals surface area contributed by atoms with Gasteiger partial charge in [0.1, 0.15) is 35.2 Å². The molecule has 0 saturated carbocycles. The van der Waals surface area contributed by atoms with Gasteiger partial charge in [-0.3, -0.25) is 19.2 Å². The minimum absolute atomic E-state index is 0.0242. The van der Waals surface area contributed by atoms with E-state index in [2.05, 4.69) is 30.4 Å². The van der Waals surface area contributed by atoms with Gasteiger partial charge in [-0.25, -0.2) is 23.9 Å². The third kappa shape index (κ3) is 11.4. The van der Waals surface area contributed by atoms with E-state index in [-0.39, 0.29) is 69.2 Å². The average Bonchev–Trinajstić information content (AvgIpc) is 4.21. The summed E-state index contributed by atoms with van der Waals surface area (Å²) in [7, 11) is 0. The Morgan fingerprint density at radius 2 is 1.69 bits per heavy atom. The summed E-state index contributed by atoms with van der Waals surface area (Å²) in [6, 6.07) is 22.6. The first-order chi connectivity index (χ1) is 34.7. The summed E-state index contributed by atoms with van der Waals surface area (Å²) in [6.45, 7) is 10.9. The van der Waals surface area contributed by atoms with Crippen LogP contribution in [0.4, 0.5) is 16.0 Å². The van der Waals surface area contributed by atoms with Crippen LogP contribution in [0.15, 0.2) is 90.6 Å². The molecule has 6 aromatic rings. The predicted octanol–water partition coefficient (Wildman–Crippen LogP) is 5.96. The van der Waals surface area contributed by atoms with Crippen LogP contribution in [0.5, 0.6) is 0 Å². The highest BCUT2D eigenvalue weighted by molar-refractivity contribution is 7.13. The van der Waals surface area contributed by atoms with E-state index >= 15 is 0 Å². The molecule has 0 radical (unpaired) electrons. The predicted molar refractivity (Wildman–Crippen MR) is 272 cm³/mol. The number of aliphatic hydroxyl groups excluding tert-OH is 1. The van der Waals surface area contributed by atoms with Crippen molar-refractivity contribution in [1.29, 1.82) is 0 Å². The Kier molecular flexibility index (Phi) is 15.2. The highest BCUT2D eigenvalue weighted by Crippen LogP contribution is 2.36. The molecule has 4 atom stereocenters. The standard InChI is InChI=1S/C53H62FN11O6S/c1-34-49(72-33-57-34)36-15-13-35(14-16-36)30-56-51(69)42-29-39(66)32-64(42)52(70)50(53(2,3)4)59-47(67)19-26-71-27-20-48(68)62-24-22-61(23-25-62)45-12-6-10-40(58-45)43-31-55-44-17-18-46(60-65(43)44)63-21-7-11-41(63)37-8-5-9-38(54)28-37/h5-6,8-10,12-18,28,31,33,39,41-42,50,66H,7,11,19-27,29-30,32H2,1-4H3,(H,56,69)(H,59,67)/t39-,41-,42+,50-/m1/s1. The van der Waals surface area contributed by atoms with Crippen molar-refractivity contribution in [3.05, 3.63) is 113 Å². The number of aryl methyl sites for hydroxylation is 1. The molecule has 4 amide bonds. The number of imidazole rings is 1. The summed E-state index contributed by atoms with van der Waals surface area (Å²) in [5.74, 6) is 0.0578. The second-order valence-corrected chi connectivity index (χ2v) is 20.7. The number of fused-ring (bicyclic) bond motifs is 1. The number of nitrogens with one attached hydrogen (secondary N) is 2. The summed E-state index contributed by atoms with van der Waals surface area (Å²) >= 11 is 1.57. The normalized spacial score (nSPS) is 18.7. The number of carbonyl (C=O) groups is 4. The smallest absolute Gasteiger partial charge is 0.246 e. The van der Waals surface area contributed by atoms with Crippen LogP contribution in [-0.2, 0) is 30.5 Å². The zero-order valence-electron chi connectivity index (χ0n) is 41.2. The van der Waals surface area contributed by atoms with Crippen LogP contribution in [0.25, 0.3) is 27.5 Å². The van der Waals surface area contributed by atoms with Crippen LogP contribution in [0.3, 0.4) is 0 Å². The van der Waals surface area contributed by atoms with Crippen molar-refractivity contribution in [2.75, 3.05) is 62.3 Å². The van der Waals surface area contributed by atoms with E-state index in [9.17, 15) is 28.7 Å². The summed E-state index contributed by atoms with van der Waals surface area (Å²) in [5.41, 5.74) is 7.08. The van der Waals surface area contributed by atoms with Gasteiger partial charge in [0.15, 0.2) is 5.65 Å². The Morgan fingerprint density at radius 1 is 0.917 bits per heavy atom. The Morgan fingerprint density at radius 3 is 2.44 bits per heavy atom. The molecule has 9 rings (SSSR count). The molecule has 0 aliphatic carbocycles. The largest absolute Gasteiger partial charge is 0.391 e. The number of amides is 4. The molecular weight excluding hydrogens is 938 g/mol. The minimum Gasteiger partial charge on any atom is -0.391 e. The number of thiazole rings is 1. The molecule has 72 heavy (non-hydrogen) atoms. The van der Waals surface area contributed by atoms with Gasteiger partial charge in [-0.05, 0) is 78.3 Å². The van der Waals surface area contributed by atoms with E-state index in [1.54, 1.807) is 29.7 Å². The zero-order chi connectivity index (χ0) is 50.5. The van der Waals surface area contributed by atoms with Gasteiger partial charge in [-0.2, -0.15) is 0 Å². The van der Waals surface area contributed by atoms with Gasteiger partial charge in [0, 0.05) is 58.7 Å². The monoisotopic (exact) mass is 999 g/mol. The fraction of sp³-hybridized carbons (Fsp3) is 0.434. The van der Waals surface area contributed by atoms with Gasteiger partial charge in [0.05, 0.1) is 59.8 Å². The molecule has 3 saturated heterocycles. The van der Waals surface area contributed by atoms with E-state index in [4.69, 9.17) is 14.8 Å². The summed E-state index contributed by atoms with van der Waals surface area (Å²) in [5, 5.41) is 21.4. The molecule has 3 N–H and O–H groups in total. The zero-order valence-corrected chi connectivity index (χ0v) is 42.0. The van der Waals surface area contributed by atoms with Gasteiger partial charge in [-0.1, -0.05) is 63.2 Å². The number of ether oxygens (including phenoxy) is 1.